The average Bonchev–Trinajstić information content (AvgIpc) is 2.41. The first-order valence-corrected chi connectivity index (χ1v) is 6.70. The second-order valence-corrected chi connectivity index (χ2v) is 5.14. The third-order valence-corrected chi connectivity index (χ3v) is 3.24. The quantitative estimate of drug-likeness (QED) is 0.751. The molecule has 0 aliphatic rings. The lowest BCUT2D eigenvalue weighted by Gasteiger charge is -2.14. The van der Waals surface area contributed by atoms with Crippen LogP contribution in [-0.2, 0) is 0 Å². The first kappa shape index (κ1) is 14.7. The Morgan fingerprint density at radius 2 is 1.80 bits per heavy atom. The normalized spacial score (nSPS) is 10.7. The third-order valence-electron chi connectivity index (χ3n) is 2.95. The molecule has 0 bridgehead atoms. The van der Waals surface area contributed by atoms with Crippen molar-refractivity contribution in [3.63, 3.8) is 0 Å². The van der Waals surface area contributed by atoms with Crippen LogP contribution in [0.1, 0.15) is 25.3 Å². The Balaban J connectivity index is 2.30. The summed E-state index contributed by atoms with van der Waals surface area (Å²) in [6, 6.07) is 9.63. The van der Waals surface area contributed by atoms with E-state index in [2.05, 4.69) is 13.8 Å². The molecule has 0 saturated carbocycles. The molecule has 0 aliphatic heterocycles. The number of hydrogen-bond donors (Lipinski definition) is 0. The summed E-state index contributed by atoms with van der Waals surface area (Å²) < 4.78 is 24.0. The zero-order chi connectivity index (χ0) is 14.7. The maximum absolute atomic E-state index is 13.0. The van der Waals surface area contributed by atoms with Crippen molar-refractivity contribution in [3.8, 4) is 17.2 Å². The standard InChI is InChI=1S/C16H16ClFO2/c1-10(2)13-6-5-12(9-16(13)19-3)20-15-7-4-11(18)8-14(15)17/h4-10H,1-3H3. The van der Waals surface area contributed by atoms with E-state index in [1.54, 1.807) is 13.2 Å². The van der Waals surface area contributed by atoms with Gasteiger partial charge in [0.2, 0.25) is 0 Å². The maximum atomic E-state index is 13.0. The molecule has 0 aromatic heterocycles. The number of rotatable bonds is 4. The van der Waals surface area contributed by atoms with E-state index in [4.69, 9.17) is 21.1 Å². The van der Waals surface area contributed by atoms with Gasteiger partial charge in [0.15, 0.2) is 0 Å². The molecule has 0 spiro atoms. The SMILES string of the molecule is COc1cc(Oc2ccc(F)cc2Cl)ccc1C(C)C. The smallest absolute Gasteiger partial charge is 0.146 e. The van der Waals surface area contributed by atoms with Crippen LogP contribution in [0.4, 0.5) is 4.39 Å². The van der Waals surface area contributed by atoms with Gasteiger partial charge < -0.3 is 9.47 Å². The summed E-state index contributed by atoms with van der Waals surface area (Å²) in [4.78, 5) is 0. The molecular formula is C16H16ClFO2. The van der Waals surface area contributed by atoms with Gasteiger partial charge >= 0.3 is 0 Å². The molecule has 0 atom stereocenters. The number of methoxy groups -OCH3 is 1. The van der Waals surface area contributed by atoms with E-state index in [-0.39, 0.29) is 5.02 Å². The summed E-state index contributed by atoms with van der Waals surface area (Å²) in [6.45, 7) is 4.18. The molecular weight excluding hydrogens is 279 g/mol. The Labute approximate surface area is 123 Å². The number of hydrogen-bond acceptors (Lipinski definition) is 2. The highest BCUT2D eigenvalue weighted by Crippen LogP contribution is 2.34. The maximum Gasteiger partial charge on any atom is 0.146 e. The second kappa shape index (κ2) is 6.14. The lowest BCUT2D eigenvalue weighted by Crippen LogP contribution is -1.95. The zero-order valence-electron chi connectivity index (χ0n) is 11.6. The average molecular weight is 295 g/mol. The Kier molecular flexibility index (Phi) is 4.50. The first-order valence-electron chi connectivity index (χ1n) is 6.32. The molecule has 0 unspecified atom stereocenters. The molecule has 0 heterocycles. The van der Waals surface area contributed by atoms with Crippen molar-refractivity contribution < 1.29 is 13.9 Å². The molecule has 2 aromatic carbocycles. The van der Waals surface area contributed by atoms with Crippen molar-refractivity contribution in [1.82, 2.24) is 0 Å². The van der Waals surface area contributed by atoms with Gasteiger partial charge in [-0.25, -0.2) is 4.39 Å². The van der Waals surface area contributed by atoms with Gasteiger partial charge in [0, 0.05) is 6.07 Å². The topological polar surface area (TPSA) is 18.5 Å². The van der Waals surface area contributed by atoms with Crippen LogP contribution in [0.2, 0.25) is 5.02 Å². The lowest BCUT2D eigenvalue weighted by atomic mass is 10.0. The fraction of sp³-hybridized carbons (Fsp3) is 0.250. The number of ether oxygens (including phenoxy) is 2. The van der Waals surface area contributed by atoms with Crippen molar-refractivity contribution in [2.45, 2.75) is 19.8 Å². The highest BCUT2D eigenvalue weighted by molar-refractivity contribution is 6.32. The van der Waals surface area contributed by atoms with Crippen LogP contribution in [0.3, 0.4) is 0 Å². The Hall–Kier alpha value is -1.74. The van der Waals surface area contributed by atoms with E-state index >= 15 is 0 Å². The van der Waals surface area contributed by atoms with E-state index in [0.717, 1.165) is 11.3 Å². The first-order chi connectivity index (χ1) is 9.51. The second-order valence-electron chi connectivity index (χ2n) is 4.74. The Bertz CT molecular complexity index is 611. The fourth-order valence-corrected chi connectivity index (χ4v) is 2.12. The van der Waals surface area contributed by atoms with Gasteiger partial charge in [-0.05, 0) is 35.7 Å². The highest BCUT2D eigenvalue weighted by atomic mass is 35.5. The molecule has 2 rings (SSSR count). The molecule has 0 fully saturated rings. The lowest BCUT2D eigenvalue weighted by molar-refractivity contribution is 0.402. The van der Waals surface area contributed by atoms with Crippen molar-refractivity contribution in [3.05, 3.63) is 52.8 Å². The summed E-state index contributed by atoms with van der Waals surface area (Å²) in [6.07, 6.45) is 0. The number of benzene rings is 2. The predicted octanol–water partition coefficient (Wildman–Crippen LogP) is 5.40. The van der Waals surface area contributed by atoms with E-state index < -0.39 is 5.82 Å². The van der Waals surface area contributed by atoms with E-state index in [1.807, 2.05) is 12.1 Å². The zero-order valence-corrected chi connectivity index (χ0v) is 12.4. The van der Waals surface area contributed by atoms with E-state index in [1.165, 1.54) is 18.2 Å². The summed E-state index contributed by atoms with van der Waals surface area (Å²) >= 11 is 5.94. The molecule has 0 radical (unpaired) electrons. The number of halogens is 2. The molecule has 0 amide bonds. The minimum Gasteiger partial charge on any atom is -0.496 e. The molecule has 4 heteroatoms. The van der Waals surface area contributed by atoms with Gasteiger partial charge in [-0.1, -0.05) is 31.5 Å². The van der Waals surface area contributed by atoms with Crippen molar-refractivity contribution in [2.24, 2.45) is 0 Å². The third kappa shape index (κ3) is 3.23. The molecule has 0 N–H and O–H groups in total. The van der Waals surface area contributed by atoms with Crippen LogP contribution in [0.25, 0.3) is 0 Å². The molecule has 106 valence electrons. The van der Waals surface area contributed by atoms with E-state index in [9.17, 15) is 4.39 Å². The van der Waals surface area contributed by atoms with Gasteiger partial charge in [-0.2, -0.15) is 0 Å². The van der Waals surface area contributed by atoms with Crippen molar-refractivity contribution >= 4 is 11.6 Å². The van der Waals surface area contributed by atoms with Crippen LogP contribution in [0.15, 0.2) is 36.4 Å². The van der Waals surface area contributed by atoms with Gasteiger partial charge in [0.1, 0.15) is 23.1 Å². The minimum atomic E-state index is -0.393. The highest BCUT2D eigenvalue weighted by Gasteiger charge is 2.10. The van der Waals surface area contributed by atoms with Crippen LogP contribution in [0, 0.1) is 5.82 Å². The summed E-state index contributed by atoms with van der Waals surface area (Å²) in [7, 11) is 1.62. The van der Waals surface area contributed by atoms with E-state index in [0.29, 0.717) is 17.4 Å². The van der Waals surface area contributed by atoms with Crippen LogP contribution in [0.5, 0.6) is 17.2 Å². The van der Waals surface area contributed by atoms with Crippen molar-refractivity contribution in [1.29, 1.82) is 0 Å². The molecule has 2 aromatic rings. The van der Waals surface area contributed by atoms with Crippen LogP contribution >= 0.6 is 11.6 Å². The van der Waals surface area contributed by atoms with Gasteiger partial charge in [-0.15, -0.1) is 0 Å². The Morgan fingerprint density at radius 3 is 2.40 bits per heavy atom. The van der Waals surface area contributed by atoms with Gasteiger partial charge in [0.25, 0.3) is 0 Å². The molecule has 20 heavy (non-hydrogen) atoms. The predicted molar refractivity (Wildman–Crippen MR) is 78.6 cm³/mol. The largest absolute Gasteiger partial charge is 0.496 e. The molecule has 0 saturated heterocycles. The molecule has 2 nitrogen and oxygen atoms in total. The van der Waals surface area contributed by atoms with Crippen LogP contribution < -0.4 is 9.47 Å². The monoisotopic (exact) mass is 294 g/mol. The fourth-order valence-electron chi connectivity index (χ4n) is 1.92. The molecule has 0 aliphatic carbocycles. The van der Waals surface area contributed by atoms with Gasteiger partial charge in [0.05, 0.1) is 12.1 Å². The van der Waals surface area contributed by atoms with Crippen LogP contribution in [-0.4, -0.2) is 7.11 Å². The minimum absolute atomic E-state index is 0.233. The summed E-state index contributed by atoms with van der Waals surface area (Å²) in [5.74, 6) is 1.73. The summed E-state index contributed by atoms with van der Waals surface area (Å²) in [5, 5.41) is 0.233. The summed E-state index contributed by atoms with van der Waals surface area (Å²) in [5.41, 5.74) is 1.10. The Morgan fingerprint density at radius 1 is 1.05 bits per heavy atom. The van der Waals surface area contributed by atoms with Gasteiger partial charge in [-0.3, -0.25) is 0 Å². The van der Waals surface area contributed by atoms with Crippen molar-refractivity contribution in [2.75, 3.05) is 7.11 Å².